The monoisotopic (exact) mass is 561 g/mol. The van der Waals surface area contributed by atoms with Crippen LogP contribution in [0.1, 0.15) is 29.3 Å². The molecule has 0 aromatic heterocycles. The molecule has 3 aromatic carbocycles. The molecule has 1 unspecified atom stereocenters. The fourth-order valence-electron chi connectivity index (χ4n) is 4.39. The van der Waals surface area contributed by atoms with Crippen molar-refractivity contribution in [2.24, 2.45) is 0 Å². The van der Waals surface area contributed by atoms with Crippen molar-refractivity contribution in [2.45, 2.75) is 25.8 Å². The molecule has 0 spiro atoms. The van der Waals surface area contributed by atoms with Gasteiger partial charge in [0.15, 0.2) is 5.11 Å². The van der Waals surface area contributed by atoms with Crippen LogP contribution < -0.4 is 19.7 Å². The lowest BCUT2D eigenvalue weighted by Crippen LogP contribution is -2.39. The van der Waals surface area contributed by atoms with Gasteiger partial charge in [0, 0.05) is 12.2 Å². The second kappa shape index (κ2) is 13.1. The molecule has 4 rings (SSSR count). The van der Waals surface area contributed by atoms with E-state index in [9.17, 15) is 14.4 Å². The number of benzene rings is 3. The number of amides is 2. The van der Waals surface area contributed by atoms with Gasteiger partial charge in [-0.05, 0) is 91.8 Å². The number of hydrogen-bond donors (Lipinski definition) is 1. The van der Waals surface area contributed by atoms with E-state index in [0.717, 1.165) is 11.3 Å². The predicted octanol–water partition coefficient (Wildman–Crippen LogP) is 4.45. The Bertz CT molecular complexity index is 1360. The fraction of sp³-hybridized carbons (Fsp3) is 0.267. The van der Waals surface area contributed by atoms with E-state index in [4.69, 9.17) is 26.4 Å². The van der Waals surface area contributed by atoms with E-state index in [0.29, 0.717) is 40.8 Å². The van der Waals surface area contributed by atoms with Gasteiger partial charge in [0.1, 0.15) is 17.5 Å². The largest absolute Gasteiger partial charge is 0.497 e. The van der Waals surface area contributed by atoms with Crippen molar-refractivity contribution < 1.29 is 28.6 Å². The van der Waals surface area contributed by atoms with Crippen molar-refractivity contribution >= 4 is 46.5 Å². The highest BCUT2D eigenvalue weighted by Crippen LogP contribution is 2.28. The molecule has 1 atom stereocenters. The summed E-state index contributed by atoms with van der Waals surface area (Å²) in [6, 6.07) is 20.3. The van der Waals surface area contributed by atoms with Crippen molar-refractivity contribution in [2.75, 3.05) is 37.6 Å². The Morgan fingerprint density at radius 1 is 0.900 bits per heavy atom. The van der Waals surface area contributed by atoms with Gasteiger partial charge in [0.2, 0.25) is 5.91 Å². The molecule has 9 nitrogen and oxygen atoms in total. The second-order valence-corrected chi connectivity index (χ2v) is 9.38. The molecule has 10 heteroatoms. The third-order valence-corrected chi connectivity index (χ3v) is 6.93. The highest BCUT2D eigenvalue weighted by molar-refractivity contribution is 7.80. The van der Waals surface area contributed by atoms with Gasteiger partial charge in [0.25, 0.3) is 5.91 Å². The number of methoxy groups -OCH3 is 2. The topological polar surface area (TPSA) is 97.4 Å². The molecule has 0 aliphatic carbocycles. The average molecular weight is 562 g/mol. The van der Waals surface area contributed by atoms with E-state index in [1.165, 1.54) is 4.90 Å². The minimum absolute atomic E-state index is 0.0922. The van der Waals surface area contributed by atoms with Crippen molar-refractivity contribution in [3.8, 4) is 11.5 Å². The van der Waals surface area contributed by atoms with Crippen molar-refractivity contribution in [1.82, 2.24) is 4.90 Å². The van der Waals surface area contributed by atoms with Gasteiger partial charge in [-0.1, -0.05) is 12.1 Å². The first-order valence-electron chi connectivity index (χ1n) is 12.8. The molecule has 0 bridgehead atoms. The molecular formula is C30H31N3O6S. The van der Waals surface area contributed by atoms with Gasteiger partial charge < -0.3 is 24.4 Å². The minimum Gasteiger partial charge on any atom is -0.497 e. The van der Waals surface area contributed by atoms with Gasteiger partial charge in [-0.15, -0.1) is 0 Å². The Morgan fingerprint density at radius 2 is 1.50 bits per heavy atom. The third kappa shape index (κ3) is 6.58. The number of carbonyl (C=O) groups excluding carboxylic acids is 3. The maximum atomic E-state index is 13.7. The van der Waals surface area contributed by atoms with Gasteiger partial charge in [0.05, 0.1) is 38.5 Å². The lowest BCUT2D eigenvalue weighted by atomic mass is 10.1. The summed E-state index contributed by atoms with van der Waals surface area (Å²) >= 11 is 5.76. The number of anilines is 2. The van der Waals surface area contributed by atoms with Gasteiger partial charge >= 0.3 is 5.97 Å². The first-order valence-corrected chi connectivity index (χ1v) is 13.2. The summed E-state index contributed by atoms with van der Waals surface area (Å²) in [6.45, 7) is 2.42. The summed E-state index contributed by atoms with van der Waals surface area (Å²) in [6.07, 6.45) is 0.509. The molecule has 3 aromatic rings. The zero-order valence-corrected chi connectivity index (χ0v) is 23.4. The molecule has 208 valence electrons. The van der Waals surface area contributed by atoms with Crippen LogP contribution in [0.25, 0.3) is 0 Å². The van der Waals surface area contributed by atoms with E-state index >= 15 is 0 Å². The molecule has 1 aliphatic heterocycles. The van der Waals surface area contributed by atoms with E-state index in [1.807, 2.05) is 24.3 Å². The van der Waals surface area contributed by atoms with Gasteiger partial charge in [-0.2, -0.15) is 0 Å². The van der Waals surface area contributed by atoms with Crippen LogP contribution in [-0.2, 0) is 20.7 Å². The molecule has 0 radical (unpaired) electrons. The van der Waals surface area contributed by atoms with E-state index in [-0.39, 0.29) is 24.8 Å². The fourth-order valence-corrected chi connectivity index (χ4v) is 4.80. The highest BCUT2D eigenvalue weighted by Gasteiger charge is 2.44. The van der Waals surface area contributed by atoms with E-state index < -0.39 is 12.0 Å². The standard InChI is InChI=1S/C30H31N3O6S/c1-4-39-29(36)21-7-11-23(12-8-21)33-28(35)26(19-27(34)31-22-9-15-25(38-3)16-10-22)32(30(33)40)18-17-20-5-13-24(37-2)14-6-20/h5-16,26H,4,17-19H2,1-3H3,(H,31,34). The first kappa shape index (κ1) is 28.6. The van der Waals surface area contributed by atoms with Crippen LogP contribution in [-0.4, -0.2) is 61.2 Å². The van der Waals surface area contributed by atoms with Crippen molar-refractivity contribution in [1.29, 1.82) is 0 Å². The lowest BCUT2D eigenvalue weighted by molar-refractivity contribution is -0.124. The minimum atomic E-state index is -0.797. The molecule has 1 fully saturated rings. The van der Waals surface area contributed by atoms with Crippen LogP contribution in [0.3, 0.4) is 0 Å². The summed E-state index contributed by atoms with van der Waals surface area (Å²) in [4.78, 5) is 42.0. The molecular weight excluding hydrogens is 530 g/mol. The Kier molecular flexibility index (Phi) is 9.34. The third-order valence-electron chi connectivity index (χ3n) is 6.51. The Morgan fingerprint density at radius 3 is 2.08 bits per heavy atom. The summed E-state index contributed by atoms with van der Waals surface area (Å²) in [5.74, 6) is 0.345. The number of thiocarbonyl (C=S) groups is 1. The van der Waals surface area contributed by atoms with Crippen LogP contribution in [0, 0.1) is 0 Å². The Hall–Kier alpha value is -4.44. The van der Waals surface area contributed by atoms with Crippen LogP contribution in [0.4, 0.5) is 11.4 Å². The highest BCUT2D eigenvalue weighted by atomic mass is 32.1. The quantitative estimate of drug-likeness (QED) is 0.271. The molecule has 1 aliphatic rings. The van der Waals surface area contributed by atoms with Gasteiger partial charge in [-0.25, -0.2) is 4.79 Å². The van der Waals surface area contributed by atoms with Crippen LogP contribution in [0.5, 0.6) is 11.5 Å². The van der Waals surface area contributed by atoms with E-state index in [2.05, 4.69) is 5.32 Å². The summed E-state index contributed by atoms with van der Waals surface area (Å²) in [5, 5.41) is 3.14. The van der Waals surface area contributed by atoms with E-state index in [1.54, 1.807) is 74.6 Å². The molecule has 0 saturated carbocycles. The van der Waals surface area contributed by atoms with Crippen LogP contribution in [0.15, 0.2) is 72.8 Å². The van der Waals surface area contributed by atoms with Crippen LogP contribution in [0.2, 0.25) is 0 Å². The molecule has 1 heterocycles. The number of nitrogens with zero attached hydrogens (tertiary/aromatic N) is 2. The average Bonchev–Trinajstić information content (AvgIpc) is 3.20. The molecule has 2 amide bonds. The maximum Gasteiger partial charge on any atom is 0.338 e. The molecule has 1 N–H and O–H groups in total. The normalized spacial score (nSPS) is 14.7. The van der Waals surface area contributed by atoms with Crippen molar-refractivity contribution in [3.05, 3.63) is 83.9 Å². The predicted molar refractivity (Wildman–Crippen MR) is 156 cm³/mol. The SMILES string of the molecule is CCOC(=O)c1ccc(N2C(=O)C(CC(=O)Nc3ccc(OC)cc3)N(CCc3ccc(OC)cc3)C2=S)cc1. The lowest BCUT2D eigenvalue weighted by Gasteiger charge is -2.24. The van der Waals surface area contributed by atoms with Gasteiger partial charge in [-0.3, -0.25) is 14.5 Å². The summed E-state index contributed by atoms with van der Waals surface area (Å²) in [5.41, 5.74) is 2.51. The number of hydrogen-bond acceptors (Lipinski definition) is 7. The first-order chi connectivity index (χ1) is 19.3. The number of esters is 1. The number of ether oxygens (including phenoxy) is 3. The van der Waals surface area contributed by atoms with Crippen molar-refractivity contribution in [3.63, 3.8) is 0 Å². The Labute approximate surface area is 238 Å². The molecule has 40 heavy (non-hydrogen) atoms. The maximum absolute atomic E-state index is 13.7. The summed E-state index contributed by atoms with van der Waals surface area (Å²) < 4.78 is 15.5. The Balaban J connectivity index is 1.54. The zero-order chi connectivity index (χ0) is 28.6. The number of carbonyl (C=O) groups is 3. The number of nitrogens with one attached hydrogen (secondary N) is 1. The second-order valence-electron chi connectivity index (χ2n) is 9.01. The smallest absolute Gasteiger partial charge is 0.338 e. The molecule has 1 saturated heterocycles. The zero-order valence-electron chi connectivity index (χ0n) is 22.6. The number of rotatable bonds is 11. The van der Waals surface area contributed by atoms with Crippen LogP contribution >= 0.6 is 12.2 Å². The summed E-state index contributed by atoms with van der Waals surface area (Å²) in [7, 11) is 3.18.